The Morgan fingerprint density at radius 2 is 2.22 bits per heavy atom. The minimum atomic E-state index is -0.226. The van der Waals surface area contributed by atoms with Crippen LogP contribution in [-0.4, -0.2) is 29.3 Å². The molecule has 0 aliphatic carbocycles. The molecule has 18 heavy (non-hydrogen) atoms. The molecule has 1 aliphatic heterocycles. The molecule has 1 aliphatic rings. The molecule has 3 rings (SSSR count). The van der Waals surface area contributed by atoms with Gasteiger partial charge in [0.2, 0.25) is 0 Å². The summed E-state index contributed by atoms with van der Waals surface area (Å²) < 4.78 is 0. The summed E-state index contributed by atoms with van der Waals surface area (Å²) in [6.07, 6.45) is 3.50. The van der Waals surface area contributed by atoms with Gasteiger partial charge in [0.25, 0.3) is 0 Å². The Bertz CT molecular complexity index is 570. The van der Waals surface area contributed by atoms with Crippen molar-refractivity contribution in [1.29, 1.82) is 0 Å². The number of pyridine rings is 1. The van der Waals surface area contributed by atoms with Gasteiger partial charge in [-0.3, -0.25) is 4.98 Å². The molecule has 4 heteroatoms. The Hall–Kier alpha value is -1.81. The van der Waals surface area contributed by atoms with E-state index in [9.17, 15) is 5.11 Å². The van der Waals surface area contributed by atoms with Crippen LogP contribution in [0.3, 0.4) is 0 Å². The largest absolute Gasteiger partial charge is 0.399 e. The maximum Gasteiger partial charge on any atom is 0.0743 e. The maximum atomic E-state index is 9.78. The van der Waals surface area contributed by atoms with E-state index in [1.165, 1.54) is 0 Å². The van der Waals surface area contributed by atoms with Gasteiger partial charge in [-0.2, -0.15) is 0 Å². The Morgan fingerprint density at radius 3 is 3.06 bits per heavy atom. The summed E-state index contributed by atoms with van der Waals surface area (Å²) in [5.41, 5.74) is 8.56. The summed E-state index contributed by atoms with van der Waals surface area (Å²) in [6, 6.07) is 7.80. The lowest BCUT2D eigenvalue weighted by molar-refractivity contribution is 0.154. The zero-order valence-corrected chi connectivity index (χ0v) is 10.2. The number of aromatic nitrogens is 1. The van der Waals surface area contributed by atoms with Crippen LogP contribution in [0.4, 0.5) is 11.4 Å². The van der Waals surface area contributed by atoms with Gasteiger partial charge in [-0.15, -0.1) is 0 Å². The molecule has 94 valence electrons. The molecule has 0 amide bonds. The van der Waals surface area contributed by atoms with E-state index in [1.807, 2.05) is 24.3 Å². The highest BCUT2D eigenvalue weighted by molar-refractivity contribution is 5.93. The SMILES string of the molecule is Nc1ccc2c(N3CCCC(O)C3)ccnc2c1. The number of nitrogen functional groups attached to an aromatic ring is 1. The molecule has 4 nitrogen and oxygen atoms in total. The molecule has 1 atom stereocenters. The van der Waals surface area contributed by atoms with Gasteiger partial charge in [0.1, 0.15) is 0 Å². The summed E-state index contributed by atoms with van der Waals surface area (Å²) in [6.45, 7) is 1.68. The Morgan fingerprint density at radius 1 is 1.33 bits per heavy atom. The summed E-state index contributed by atoms with van der Waals surface area (Å²) in [4.78, 5) is 6.58. The third-order valence-electron chi connectivity index (χ3n) is 3.48. The molecule has 3 N–H and O–H groups in total. The Kier molecular flexibility index (Phi) is 2.80. The molecule has 1 unspecified atom stereocenters. The summed E-state index contributed by atoms with van der Waals surface area (Å²) in [5, 5.41) is 10.9. The first-order chi connectivity index (χ1) is 8.74. The lowest BCUT2D eigenvalue weighted by Crippen LogP contribution is -2.38. The van der Waals surface area contributed by atoms with Gasteiger partial charge in [0.15, 0.2) is 0 Å². The van der Waals surface area contributed by atoms with Gasteiger partial charge < -0.3 is 15.7 Å². The van der Waals surface area contributed by atoms with E-state index in [0.717, 1.165) is 41.7 Å². The number of hydrogen-bond acceptors (Lipinski definition) is 4. The molecule has 1 saturated heterocycles. The Labute approximate surface area is 106 Å². The van der Waals surface area contributed by atoms with Crippen LogP contribution >= 0.6 is 0 Å². The first-order valence-electron chi connectivity index (χ1n) is 6.31. The van der Waals surface area contributed by atoms with Crippen molar-refractivity contribution in [3.8, 4) is 0 Å². The van der Waals surface area contributed by atoms with Crippen LogP contribution in [0.15, 0.2) is 30.5 Å². The van der Waals surface area contributed by atoms with E-state index in [-0.39, 0.29) is 6.10 Å². The first kappa shape index (κ1) is 11.3. The molecular weight excluding hydrogens is 226 g/mol. The number of rotatable bonds is 1. The van der Waals surface area contributed by atoms with Crippen LogP contribution in [0.5, 0.6) is 0 Å². The number of piperidine rings is 1. The fraction of sp³-hybridized carbons (Fsp3) is 0.357. The van der Waals surface area contributed by atoms with Crippen LogP contribution < -0.4 is 10.6 Å². The van der Waals surface area contributed by atoms with Crippen LogP contribution in [0.2, 0.25) is 0 Å². The molecule has 0 spiro atoms. The number of benzene rings is 1. The van der Waals surface area contributed by atoms with Gasteiger partial charge in [-0.05, 0) is 37.1 Å². The third kappa shape index (κ3) is 1.99. The van der Waals surface area contributed by atoms with Crippen molar-refractivity contribution in [3.63, 3.8) is 0 Å². The van der Waals surface area contributed by atoms with E-state index >= 15 is 0 Å². The summed E-state index contributed by atoms with van der Waals surface area (Å²) in [7, 11) is 0. The van der Waals surface area contributed by atoms with E-state index in [2.05, 4.69) is 9.88 Å². The highest BCUT2D eigenvalue weighted by Gasteiger charge is 2.19. The van der Waals surface area contributed by atoms with Crippen molar-refractivity contribution in [2.75, 3.05) is 23.7 Å². The second-order valence-corrected chi connectivity index (χ2v) is 4.85. The second kappa shape index (κ2) is 4.46. The van der Waals surface area contributed by atoms with Crippen molar-refractivity contribution >= 4 is 22.3 Å². The standard InChI is InChI=1S/C14H17N3O/c15-10-3-4-12-13(8-10)16-6-5-14(12)17-7-1-2-11(18)9-17/h3-6,8,11,18H,1-2,7,9,15H2. The molecule has 1 fully saturated rings. The lowest BCUT2D eigenvalue weighted by Gasteiger charge is -2.32. The average Bonchev–Trinajstić information content (AvgIpc) is 2.37. The topological polar surface area (TPSA) is 62.4 Å². The van der Waals surface area contributed by atoms with Crippen molar-refractivity contribution in [2.45, 2.75) is 18.9 Å². The average molecular weight is 243 g/mol. The molecule has 1 aromatic carbocycles. The van der Waals surface area contributed by atoms with Crippen molar-refractivity contribution in [2.24, 2.45) is 0 Å². The summed E-state index contributed by atoms with van der Waals surface area (Å²) in [5.74, 6) is 0. The minimum absolute atomic E-state index is 0.226. The fourth-order valence-corrected chi connectivity index (χ4v) is 2.60. The van der Waals surface area contributed by atoms with E-state index in [0.29, 0.717) is 6.54 Å². The number of fused-ring (bicyclic) bond motifs is 1. The van der Waals surface area contributed by atoms with E-state index < -0.39 is 0 Å². The number of nitrogens with zero attached hydrogens (tertiary/aromatic N) is 2. The predicted molar refractivity (Wildman–Crippen MR) is 73.6 cm³/mol. The smallest absolute Gasteiger partial charge is 0.0743 e. The monoisotopic (exact) mass is 243 g/mol. The quantitative estimate of drug-likeness (QED) is 0.749. The molecule has 0 saturated carbocycles. The second-order valence-electron chi connectivity index (χ2n) is 4.85. The van der Waals surface area contributed by atoms with Crippen molar-refractivity contribution in [1.82, 2.24) is 4.98 Å². The van der Waals surface area contributed by atoms with Gasteiger partial charge >= 0.3 is 0 Å². The molecule has 2 aromatic rings. The Balaban J connectivity index is 2.05. The number of β-amino-alcohol motifs (C(OH)–C–C–N with tert-alkyl or cyclic N) is 1. The highest BCUT2D eigenvalue weighted by Crippen LogP contribution is 2.28. The normalized spacial score (nSPS) is 20.3. The maximum absolute atomic E-state index is 9.78. The minimum Gasteiger partial charge on any atom is -0.399 e. The van der Waals surface area contributed by atoms with Gasteiger partial charge in [0.05, 0.1) is 11.6 Å². The van der Waals surface area contributed by atoms with Crippen molar-refractivity contribution in [3.05, 3.63) is 30.5 Å². The molecule has 2 heterocycles. The van der Waals surface area contributed by atoms with Crippen LogP contribution in [0, 0.1) is 0 Å². The zero-order valence-electron chi connectivity index (χ0n) is 10.2. The van der Waals surface area contributed by atoms with E-state index in [4.69, 9.17) is 5.73 Å². The zero-order chi connectivity index (χ0) is 12.5. The highest BCUT2D eigenvalue weighted by atomic mass is 16.3. The van der Waals surface area contributed by atoms with Gasteiger partial charge in [-0.1, -0.05) is 0 Å². The van der Waals surface area contributed by atoms with Crippen LogP contribution in [-0.2, 0) is 0 Å². The fourth-order valence-electron chi connectivity index (χ4n) is 2.60. The number of hydrogen-bond donors (Lipinski definition) is 2. The third-order valence-corrected chi connectivity index (χ3v) is 3.48. The first-order valence-corrected chi connectivity index (χ1v) is 6.31. The van der Waals surface area contributed by atoms with Gasteiger partial charge in [-0.25, -0.2) is 0 Å². The number of aliphatic hydroxyl groups is 1. The van der Waals surface area contributed by atoms with Crippen LogP contribution in [0.25, 0.3) is 10.9 Å². The molecular formula is C14H17N3O. The summed E-state index contributed by atoms with van der Waals surface area (Å²) >= 11 is 0. The van der Waals surface area contributed by atoms with Crippen molar-refractivity contribution < 1.29 is 5.11 Å². The number of nitrogens with two attached hydrogens (primary N) is 1. The predicted octanol–water partition coefficient (Wildman–Crippen LogP) is 1.78. The lowest BCUT2D eigenvalue weighted by atomic mass is 10.1. The molecule has 0 radical (unpaired) electrons. The van der Waals surface area contributed by atoms with Crippen LogP contribution in [0.1, 0.15) is 12.8 Å². The molecule has 1 aromatic heterocycles. The number of anilines is 2. The van der Waals surface area contributed by atoms with Gasteiger partial charge in [0, 0.05) is 36.0 Å². The van der Waals surface area contributed by atoms with E-state index in [1.54, 1.807) is 6.20 Å². The molecule has 0 bridgehead atoms. The number of aliphatic hydroxyl groups excluding tert-OH is 1.